The van der Waals surface area contributed by atoms with E-state index in [1.54, 1.807) is 0 Å². The van der Waals surface area contributed by atoms with Crippen LogP contribution in [0.25, 0.3) is 0 Å². The second-order valence-electron chi connectivity index (χ2n) is 1.94. The van der Waals surface area contributed by atoms with Crippen molar-refractivity contribution in [3.05, 3.63) is 24.3 Å². The van der Waals surface area contributed by atoms with Crippen LogP contribution < -0.4 is 0 Å². The molecule has 1 rings (SSSR count). The molecule has 0 aromatic rings. The maximum atomic E-state index is 12.3. The Morgan fingerprint density at radius 1 is 1.33 bits per heavy atom. The lowest BCUT2D eigenvalue weighted by Crippen LogP contribution is -2.20. The normalized spacial score (nSPS) is 30.7. The molecule has 3 heteroatoms. The van der Waals surface area contributed by atoms with Crippen LogP contribution in [-0.2, 0) is 0 Å². The van der Waals surface area contributed by atoms with Gasteiger partial charge in [-0.05, 0) is 6.08 Å². The van der Waals surface area contributed by atoms with Gasteiger partial charge in [0, 0.05) is 5.82 Å². The molecule has 0 bridgehead atoms. The Balaban J connectivity index is 2.78. The Labute approximate surface area is 53.7 Å². The van der Waals surface area contributed by atoms with Gasteiger partial charge in [0.25, 0.3) is 5.92 Å². The van der Waals surface area contributed by atoms with Crippen molar-refractivity contribution in [2.45, 2.75) is 11.7 Å². The Morgan fingerprint density at radius 3 is 2.33 bits per heavy atom. The lowest BCUT2D eigenvalue weighted by atomic mass is 9.79. The minimum atomic E-state index is -2.85. The molecule has 0 fully saturated rings. The topological polar surface area (TPSA) is 0 Å². The Bertz CT molecular complexity index is 160. The molecule has 1 unspecified atom stereocenters. The molecule has 0 N–H and O–H groups in total. The van der Waals surface area contributed by atoms with Crippen LogP contribution in [0.4, 0.5) is 8.78 Å². The van der Waals surface area contributed by atoms with E-state index in [9.17, 15) is 8.78 Å². The first kappa shape index (κ1) is 6.52. The molecule has 46 valence electrons. The zero-order valence-corrected chi connectivity index (χ0v) is 4.72. The molecular weight excluding hydrogens is 121 g/mol. The fraction of sp³-hybridized carbons (Fsp3) is 0.333. The third-order valence-electron chi connectivity index (χ3n) is 1.19. The van der Waals surface area contributed by atoms with Crippen LogP contribution >= 0.6 is 0 Å². The average Bonchev–Trinajstić information content (AvgIpc) is 1.77. The summed E-state index contributed by atoms with van der Waals surface area (Å²) in [5.74, 6) is -4.00. The van der Waals surface area contributed by atoms with Gasteiger partial charge in [0.05, 0.1) is 7.85 Å². The molecular formula is C6H5BF2. The quantitative estimate of drug-likeness (QED) is 0.433. The van der Waals surface area contributed by atoms with Crippen LogP contribution in [0.3, 0.4) is 0 Å². The number of rotatable bonds is 0. The summed E-state index contributed by atoms with van der Waals surface area (Å²) in [4.78, 5) is 0. The summed E-state index contributed by atoms with van der Waals surface area (Å²) in [5.41, 5.74) is 0. The fourth-order valence-electron chi connectivity index (χ4n) is 0.607. The largest absolute Gasteiger partial charge is 0.265 e. The van der Waals surface area contributed by atoms with E-state index in [1.807, 2.05) is 0 Å². The summed E-state index contributed by atoms with van der Waals surface area (Å²) in [7, 11) is 5.02. The molecule has 1 aliphatic rings. The van der Waals surface area contributed by atoms with Crippen LogP contribution in [0.15, 0.2) is 24.3 Å². The summed E-state index contributed by atoms with van der Waals surface area (Å²) in [6.45, 7) is 0. The van der Waals surface area contributed by atoms with E-state index < -0.39 is 11.7 Å². The van der Waals surface area contributed by atoms with Crippen molar-refractivity contribution in [2.24, 2.45) is 0 Å². The van der Waals surface area contributed by atoms with Crippen molar-refractivity contribution >= 4 is 7.85 Å². The summed E-state index contributed by atoms with van der Waals surface area (Å²) in [6.07, 6.45) is 4.89. The van der Waals surface area contributed by atoms with Gasteiger partial charge in [0.1, 0.15) is 0 Å². The van der Waals surface area contributed by atoms with Gasteiger partial charge in [-0.1, -0.05) is 18.2 Å². The van der Waals surface area contributed by atoms with E-state index >= 15 is 0 Å². The zero-order valence-electron chi connectivity index (χ0n) is 4.72. The lowest BCUT2D eigenvalue weighted by molar-refractivity contribution is 0.0585. The molecule has 0 spiro atoms. The molecule has 0 saturated carbocycles. The van der Waals surface area contributed by atoms with E-state index in [0.29, 0.717) is 0 Å². The van der Waals surface area contributed by atoms with Gasteiger partial charge >= 0.3 is 0 Å². The fourth-order valence-corrected chi connectivity index (χ4v) is 0.607. The van der Waals surface area contributed by atoms with Crippen LogP contribution in [0.2, 0.25) is 5.82 Å². The third kappa shape index (κ3) is 1.20. The highest BCUT2D eigenvalue weighted by molar-refractivity contribution is 6.14. The minimum Gasteiger partial charge on any atom is -0.202 e. The van der Waals surface area contributed by atoms with Crippen molar-refractivity contribution in [2.75, 3.05) is 0 Å². The molecule has 0 aromatic heterocycles. The highest BCUT2D eigenvalue weighted by Crippen LogP contribution is 2.31. The summed E-state index contributed by atoms with van der Waals surface area (Å²) >= 11 is 0. The number of halogens is 2. The van der Waals surface area contributed by atoms with Gasteiger partial charge in [-0.3, -0.25) is 0 Å². The Hall–Kier alpha value is -0.595. The molecule has 0 heterocycles. The van der Waals surface area contributed by atoms with E-state index in [2.05, 4.69) is 0 Å². The highest BCUT2D eigenvalue weighted by Gasteiger charge is 2.31. The first-order valence-corrected chi connectivity index (χ1v) is 2.62. The molecule has 9 heavy (non-hydrogen) atoms. The maximum absolute atomic E-state index is 12.3. The van der Waals surface area contributed by atoms with E-state index in [1.165, 1.54) is 18.2 Å². The molecule has 1 atom stereocenters. The van der Waals surface area contributed by atoms with Crippen LogP contribution in [-0.4, -0.2) is 13.8 Å². The molecule has 0 saturated heterocycles. The molecule has 0 aromatic carbocycles. The second-order valence-corrected chi connectivity index (χ2v) is 1.94. The van der Waals surface area contributed by atoms with Gasteiger partial charge < -0.3 is 0 Å². The van der Waals surface area contributed by atoms with Crippen molar-refractivity contribution < 1.29 is 8.78 Å². The number of alkyl halides is 2. The number of allylic oxidation sites excluding steroid dienone is 4. The van der Waals surface area contributed by atoms with Gasteiger partial charge in [-0.2, -0.15) is 0 Å². The van der Waals surface area contributed by atoms with Crippen molar-refractivity contribution in [3.8, 4) is 0 Å². The van der Waals surface area contributed by atoms with E-state index in [-0.39, 0.29) is 0 Å². The van der Waals surface area contributed by atoms with Crippen molar-refractivity contribution in [1.29, 1.82) is 0 Å². The summed E-state index contributed by atoms with van der Waals surface area (Å²) in [5, 5.41) is 0. The molecule has 0 amide bonds. The Morgan fingerprint density at radius 2 is 2.00 bits per heavy atom. The van der Waals surface area contributed by atoms with Gasteiger partial charge in [-0.15, -0.1) is 0 Å². The first-order valence-electron chi connectivity index (χ1n) is 2.62. The van der Waals surface area contributed by atoms with Crippen LogP contribution in [0.1, 0.15) is 0 Å². The Kier molecular flexibility index (Phi) is 1.43. The van der Waals surface area contributed by atoms with Crippen LogP contribution in [0.5, 0.6) is 0 Å². The van der Waals surface area contributed by atoms with Gasteiger partial charge in [0.2, 0.25) is 0 Å². The van der Waals surface area contributed by atoms with Crippen LogP contribution in [0, 0.1) is 0 Å². The highest BCUT2D eigenvalue weighted by atomic mass is 19.3. The summed E-state index contributed by atoms with van der Waals surface area (Å²) < 4.78 is 24.7. The molecule has 0 aliphatic heterocycles. The van der Waals surface area contributed by atoms with E-state index in [4.69, 9.17) is 7.85 Å². The average molecular weight is 126 g/mol. The monoisotopic (exact) mass is 126 g/mol. The standard InChI is InChI=1S/C6H5BF2/c7-5-3-1-2-4-6(5,8)9/h1-5H. The van der Waals surface area contributed by atoms with Gasteiger partial charge in [0.15, 0.2) is 0 Å². The molecule has 1 aliphatic carbocycles. The predicted octanol–water partition coefficient (Wildman–Crippen LogP) is 1.70. The predicted molar refractivity (Wildman–Crippen MR) is 32.7 cm³/mol. The molecule has 0 nitrogen and oxygen atoms in total. The van der Waals surface area contributed by atoms with E-state index in [0.717, 1.165) is 6.08 Å². The van der Waals surface area contributed by atoms with Crippen molar-refractivity contribution in [3.63, 3.8) is 0 Å². The SMILES string of the molecule is [B]C1C=CC=CC1(F)F. The third-order valence-corrected chi connectivity index (χ3v) is 1.19. The lowest BCUT2D eigenvalue weighted by Gasteiger charge is -2.19. The molecule has 2 radical (unpaired) electrons. The minimum absolute atomic E-state index is 0.803. The first-order chi connectivity index (χ1) is 4.13. The second kappa shape index (κ2) is 1.97. The van der Waals surface area contributed by atoms with Crippen molar-refractivity contribution in [1.82, 2.24) is 0 Å². The summed E-state index contributed by atoms with van der Waals surface area (Å²) in [6, 6.07) is 0. The maximum Gasteiger partial charge on any atom is 0.265 e. The number of hydrogen-bond acceptors (Lipinski definition) is 0. The smallest absolute Gasteiger partial charge is 0.202 e. The van der Waals surface area contributed by atoms with Gasteiger partial charge in [-0.25, -0.2) is 8.78 Å². The number of hydrogen-bond donors (Lipinski definition) is 0. The zero-order chi connectivity index (χ0) is 6.91.